The van der Waals surface area contributed by atoms with Crippen molar-refractivity contribution >= 4 is 21.7 Å². The highest BCUT2D eigenvalue weighted by atomic mass is 32.2. The van der Waals surface area contributed by atoms with Crippen molar-refractivity contribution in [2.24, 2.45) is 11.8 Å². The van der Waals surface area contributed by atoms with Gasteiger partial charge >= 0.3 is 5.97 Å². The number of carboxylic acid groups (broad SMARTS) is 1. The summed E-state index contributed by atoms with van der Waals surface area (Å²) in [7, 11) is -3.36. The normalized spacial score (nSPS) is 23.9. The van der Waals surface area contributed by atoms with Crippen molar-refractivity contribution < 1.29 is 23.1 Å². The van der Waals surface area contributed by atoms with E-state index in [2.05, 4.69) is 10.6 Å². The number of carbonyl (C=O) groups excluding carboxylic acids is 1. The minimum atomic E-state index is -3.36. The van der Waals surface area contributed by atoms with E-state index in [0.29, 0.717) is 31.2 Å². The summed E-state index contributed by atoms with van der Waals surface area (Å²) in [5, 5.41) is 15.2. The van der Waals surface area contributed by atoms with E-state index in [-0.39, 0.29) is 34.4 Å². The third kappa shape index (κ3) is 5.32. The van der Waals surface area contributed by atoms with E-state index in [1.165, 1.54) is 12.1 Å². The number of nitrogens with one attached hydrogen (secondary N) is 2. The van der Waals surface area contributed by atoms with Gasteiger partial charge in [0.15, 0.2) is 9.84 Å². The summed E-state index contributed by atoms with van der Waals surface area (Å²) in [5.41, 5.74) is 0.418. The van der Waals surface area contributed by atoms with Crippen LogP contribution in [0.1, 0.15) is 48.9 Å². The molecule has 1 aliphatic heterocycles. The van der Waals surface area contributed by atoms with Gasteiger partial charge in [0.2, 0.25) is 0 Å². The molecular formula is C20H28N2O5S. The molecule has 0 atom stereocenters. The average molecular weight is 409 g/mol. The van der Waals surface area contributed by atoms with E-state index in [4.69, 9.17) is 5.11 Å². The Labute approximate surface area is 165 Å². The van der Waals surface area contributed by atoms with E-state index < -0.39 is 15.8 Å². The van der Waals surface area contributed by atoms with Gasteiger partial charge in [-0.2, -0.15) is 0 Å². The fourth-order valence-corrected chi connectivity index (χ4v) is 5.72. The lowest BCUT2D eigenvalue weighted by Crippen LogP contribution is -2.38. The molecular weight excluding hydrogens is 380 g/mol. The van der Waals surface area contributed by atoms with Crippen LogP contribution < -0.4 is 10.6 Å². The van der Waals surface area contributed by atoms with E-state index in [0.717, 1.165) is 25.9 Å². The first-order chi connectivity index (χ1) is 13.3. The fourth-order valence-electron chi connectivity index (χ4n) is 4.02. The molecule has 0 radical (unpaired) electrons. The lowest BCUT2D eigenvalue weighted by molar-refractivity contribution is -0.142. The zero-order valence-electron chi connectivity index (χ0n) is 15.9. The minimum absolute atomic E-state index is 0.0357. The number of benzene rings is 1. The number of hydrogen-bond donors (Lipinski definition) is 3. The number of carboxylic acids is 1. The molecule has 154 valence electrons. The zero-order chi connectivity index (χ0) is 20.1. The summed E-state index contributed by atoms with van der Waals surface area (Å²) in [4.78, 5) is 23.7. The molecule has 28 heavy (non-hydrogen) atoms. The molecule has 2 fully saturated rings. The predicted molar refractivity (Wildman–Crippen MR) is 105 cm³/mol. The highest BCUT2D eigenvalue weighted by Crippen LogP contribution is 2.25. The molecule has 1 aliphatic carbocycles. The molecule has 1 aromatic rings. The van der Waals surface area contributed by atoms with Gasteiger partial charge in [-0.15, -0.1) is 0 Å². The van der Waals surface area contributed by atoms with Crippen molar-refractivity contribution in [1.82, 2.24) is 10.6 Å². The average Bonchev–Trinajstić information content (AvgIpc) is 2.69. The van der Waals surface area contributed by atoms with Gasteiger partial charge in [-0.3, -0.25) is 9.59 Å². The Hall–Kier alpha value is -1.93. The van der Waals surface area contributed by atoms with Gasteiger partial charge < -0.3 is 15.7 Å². The highest BCUT2D eigenvalue weighted by Gasteiger charge is 2.27. The second kappa shape index (κ2) is 9.05. The van der Waals surface area contributed by atoms with Crippen molar-refractivity contribution in [1.29, 1.82) is 0 Å². The molecule has 1 saturated carbocycles. The third-order valence-electron chi connectivity index (χ3n) is 5.80. The Morgan fingerprint density at radius 1 is 1.00 bits per heavy atom. The molecule has 3 N–H and O–H groups in total. The lowest BCUT2D eigenvalue weighted by atomic mass is 9.86. The number of amides is 1. The van der Waals surface area contributed by atoms with Crippen LogP contribution in [0, 0.1) is 11.8 Å². The zero-order valence-corrected chi connectivity index (χ0v) is 16.7. The Kier molecular flexibility index (Phi) is 6.72. The maximum atomic E-state index is 12.6. The molecule has 1 aromatic carbocycles. The fraction of sp³-hybridized carbons (Fsp3) is 0.600. The van der Waals surface area contributed by atoms with E-state index in [9.17, 15) is 18.0 Å². The van der Waals surface area contributed by atoms with Crippen LogP contribution in [0.4, 0.5) is 0 Å². The Morgan fingerprint density at radius 2 is 1.61 bits per heavy atom. The van der Waals surface area contributed by atoms with E-state index >= 15 is 0 Å². The second-order valence-electron chi connectivity index (χ2n) is 7.86. The molecule has 0 unspecified atom stereocenters. The molecule has 7 nitrogen and oxygen atoms in total. The van der Waals surface area contributed by atoms with Crippen LogP contribution in [0.25, 0.3) is 0 Å². The van der Waals surface area contributed by atoms with Crippen molar-refractivity contribution in [2.45, 2.75) is 49.5 Å². The molecule has 2 aliphatic rings. The van der Waals surface area contributed by atoms with Crippen molar-refractivity contribution in [3.63, 3.8) is 0 Å². The first kappa shape index (κ1) is 20.8. The summed E-state index contributed by atoms with van der Waals surface area (Å²) < 4.78 is 25.2. The topological polar surface area (TPSA) is 113 Å². The summed E-state index contributed by atoms with van der Waals surface area (Å²) >= 11 is 0. The molecule has 1 amide bonds. The predicted octanol–water partition coefficient (Wildman–Crippen LogP) is 1.83. The van der Waals surface area contributed by atoms with E-state index in [1.807, 2.05) is 0 Å². The number of hydrogen-bond acceptors (Lipinski definition) is 5. The molecule has 1 saturated heterocycles. The number of carbonyl (C=O) groups is 2. The summed E-state index contributed by atoms with van der Waals surface area (Å²) in [6.07, 6.45) is 4.15. The summed E-state index contributed by atoms with van der Waals surface area (Å²) in [6, 6.07) is 6.08. The lowest BCUT2D eigenvalue weighted by Gasteiger charge is -2.26. The van der Waals surface area contributed by atoms with Gasteiger partial charge in [0.05, 0.1) is 16.6 Å². The molecule has 3 rings (SSSR count). The summed E-state index contributed by atoms with van der Waals surface area (Å²) in [6.45, 7) is 1.71. The van der Waals surface area contributed by atoms with Gasteiger partial charge in [-0.25, -0.2) is 8.42 Å². The quantitative estimate of drug-likeness (QED) is 0.662. The SMILES string of the molecule is O=C(NC1CCC(C(=O)O)CC1)c1ccc(S(=O)(=O)CC2CCNCC2)cc1. The van der Waals surface area contributed by atoms with Gasteiger partial charge in [0.1, 0.15) is 0 Å². The molecule has 0 spiro atoms. The standard InChI is InChI=1S/C20H28N2O5S/c23-19(22-17-5-1-16(2-6-17)20(24)25)15-3-7-18(8-4-15)28(26,27)13-14-9-11-21-12-10-14/h3-4,7-8,14,16-17,21H,1-2,5-6,9-13H2,(H,22,23)(H,24,25). The second-order valence-corrected chi connectivity index (χ2v) is 9.89. The van der Waals surface area contributed by atoms with Gasteiger partial charge in [-0.05, 0) is 81.8 Å². The maximum absolute atomic E-state index is 12.6. The highest BCUT2D eigenvalue weighted by molar-refractivity contribution is 7.91. The number of rotatable bonds is 6. The Morgan fingerprint density at radius 3 is 2.18 bits per heavy atom. The van der Waals surface area contributed by atoms with Gasteiger partial charge in [0, 0.05) is 11.6 Å². The maximum Gasteiger partial charge on any atom is 0.306 e. The first-order valence-corrected chi connectivity index (χ1v) is 11.6. The third-order valence-corrected chi connectivity index (χ3v) is 7.70. The van der Waals surface area contributed by atoms with E-state index in [1.54, 1.807) is 12.1 Å². The first-order valence-electron chi connectivity index (χ1n) is 9.92. The number of aliphatic carboxylic acids is 1. The number of piperidine rings is 1. The van der Waals surface area contributed by atoms with Crippen LogP contribution in [-0.4, -0.2) is 50.3 Å². The molecule has 0 bridgehead atoms. The van der Waals surface area contributed by atoms with Crippen LogP contribution in [0.5, 0.6) is 0 Å². The Bertz CT molecular complexity index is 792. The molecule has 0 aromatic heterocycles. The molecule has 1 heterocycles. The summed E-state index contributed by atoms with van der Waals surface area (Å²) in [5.74, 6) is -1.02. The van der Waals surface area contributed by atoms with Gasteiger partial charge in [0.25, 0.3) is 5.91 Å². The van der Waals surface area contributed by atoms with Crippen LogP contribution in [0.2, 0.25) is 0 Å². The van der Waals surface area contributed by atoms with Crippen LogP contribution >= 0.6 is 0 Å². The number of sulfone groups is 1. The Balaban J connectivity index is 1.56. The van der Waals surface area contributed by atoms with Crippen molar-refractivity contribution in [3.8, 4) is 0 Å². The van der Waals surface area contributed by atoms with Crippen molar-refractivity contribution in [3.05, 3.63) is 29.8 Å². The van der Waals surface area contributed by atoms with Crippen LogP contribution in [0.3, 0.4) is 0 Å². The largest absolute Gasteiger partial charge is 0.481 e. The van der Waals surface area contributed by atoms with Gasteiger partial charge in [-0.1, -0.05) is 0 Å². The monoisotopic (exact) mass is 408 g/mol. The molecule has 8 heteroatoms. The van der Waals surface area contributed by atoms with Crippen LogP contribution in [0.15, 0.2) is 29.2 Å². The smallest absolute Gasteiger partial charge is 0.306 e. The van der Waals surface area contributed by atoms with Crippen LogP contribution in [-0.2, 0) is 14.6 Å². The minimum Gasteiger partial charge on any atom is -0.481 e. The van der Waals surface area contributed by atoms with Crippen molar-refractivity contribution in [2.75, 3.05) is 18.8 Å².